The van der Waals surface area contributed by atoms with Gasteiger partial charge in [0.25, 0.3) is 0 Å². The summed E-state index contributed by atoms with van der Waals surface area (Å²) in [5.41, 5.74) is -1.34. The second-order valence-corrected chi connectivity index (χ2v) is 10.5. The number of rotatable bonds is 10. The first-order valence-electron chi connectivity index (χ1n) is 12.6. The first-order valence-corrected chi connectivity index (χ1v) is 12.6. The van der Waals surface area contributed by atoms with E-state index in [1.165, 1.54) is 13.0 Å². The highest BCUT2D eigenvalue weighted by Crippen LogP contribution is 2.62. The van der Waals surface area contributed by atoms with Gasteiger partial charge in [0, 0.05) is 11.5 Å². The van der Waals surface area contributed by atoms with Crippen molar-refractivity contribution in [2.24, 2.45) is 23.2 Å². The number of aliphatic hydroxyl groups is 3. The molecule has 4 bridgehead atoms. The number of carbonyl (C=O) groups is 4. The summed E-state index contributed by atoms with van der Waals surface area (Å²) in [6, 6.07) is 0. The summed E-state index contributed by atoms with van der Waals surface area (Å²) in [5, 5.41) is 33.3. The van der Waals surface area contributed by atoms with Gasteiger partial charge in [0.15, 0.2) is 5.78 Å². The second kappa shape index (κ2) is 9.26. The van der Waals surface area contributed by atoms with Crippen molar-refractivity contribution in [3.63, 3.8) is 0 Å². The van der Waals surface area contributed by atoms with E-state index in [0.717, 1.165) is 19.3 Å². The Morgan fingerprint density at radius 3 is 2.49 bits per heavy atom. The van der Waals surface area contributed by atoms with Crippen molar-refractivity contribution < 1.29 is 44.0 Å². The SMILES string of the molecule is CCCCCCC1C([C@@H](O)C(=O)[C@H](O)CCC)C=C2C3(O)OC(=O)[C@]2(C)CC2=C(C(=O)OC2=O)C13. The lowest BCUT2D eigenvalue weighted by atomic mass is 9.61. The largest absolute Gasteiger partial charge is 0.428 e. The Balaban J connectivity index is 1.87. The smallest absolute Gasteiger partial charge is 0.343 e. The molecule has 9 nitrogen and oxygen atoms in total. The molecule has 2 aliphatic carbocycles. The van der Waals surface area contributed by atoms with Gasteiger partial charge in [0.1, 0.15) is 12.2 Å². The molecule has 4 unspecified atom stereocenters. The zero-order valence-corrected chi connectivity index (χ0v) is 20.4. The number of cyclic esters (lactones) is 2. The highest BCUT2D eigenvalue weighted by molar-refractivity contribution is 6.14. The Morgan fingerprint density at radius 2 is 1.83 bits per heavy atom. The summed E-state index contributed by atoms with van der Waals surface area (Å²) < 4.78 is 10.4. The molecule has 9 heteroatoms. The van der Waals surface area contributed by atoms with Gasteiger partial charge in [0.2, 0.25) is 5.79 Å². The van der Waals surface area contributed by atoms with E-state index >= 15 is 0 Å². The number of aliphatic hydroxyl groups excluding tert-OH is 2. The first kappa shape index (κ1) is 25.7. The number of ketones is 1. The summed E-state index contributed by atoms with van der Waals surface area (Å²) in [4.78, 5) is 51.4. The van der Waals surface area contributed by atoms with E-state index in [2.05, 4.69) is 6.92 Å². The van der Waals surface area contributed by atoms with Crippen molar-refractivity contribution in [3.8, 4) is 0 Å². The Bertz CT molecular complexity index is 1010. The number of Topliss-reactive ketones (excluding diaryl/α,β-unsaturated/α-hetero) is 1. The molecule has 4 rings (SSSR count). The molecule has 0 spiro atoms. The molecule has 0 radical (unpaired) electrons. The van der Waals surface area contributed by atoms with Crippen molar-refractivity contribution in [2.45, 2.75) is 90.1 Å². The van der Waals surface area contributed by atoms with Crippen molar-refractivity contribution in [1.29, 1.82) is 0 Å². The zero-order valence-electron chi connectivity index (χ0n) is 20.4. The molecule has 4 aliphatic rings. The third-order valence-corrected chi connectivity index (χ3v) is 8.14. The fourth-order valence-electron chi connectivity index (χ4n) is 6.32. The number of fused-ring (bicyclic) bond motifs is 1. The lowest BCUT2D eigenvalue weighted by Crippen LogP contribution is -2.53. The monoisotopic (exact) mass is 490 g/mol. The van der Waals surface area contributed by atoms with Crippen molar-refractivity contribution >= 4 is 23.7 Å². The van der Waals surface area contributed by atoms with Crippen molar-refractivity contribution in [2.75, 3.05) is 0 Å². The number of hydrogen-bond donors (Lipinski definition) is 3. The van der Waals surface area contributed by atoms with Gasteiger partial charge in [-0.15, -0.1) is 0 Å². The molecule has 0 aromatic rings. The maximum atomic E-state index is 13.0. The molecule has 1 fully saturated rings. The molecule has 3 N–H and O–H groups in total. The number of hydrogen-bond acceptors (Lipinski definition) is 9. The summed E-state index contributed by atoms with van der Waals surface area (Å²) >= 11 is 0. The van der Waals surface area contributed by atoms with Crippen LogP contribution in [0.2, 0.25) is 0 Å². The van der Waals surface area contributed by atoms with E-state index in [1.54, 1.807) is 0 Å². The van der Waals surface area contributed by atoms with E-state index in [4.69, 9.17) is 9.47 Å². The predicted octanol–water partition coefficient (Wildman–Crippen LogP) is 1.87. The maximum Gasteiger partial charge on any atom is 0.343 e. The highest BCUT2D eigenvalue weighted by Gasteiger charge is 2.70. The minimum atomic E-state index is -2.19. The molecule has 1 saturated heterocycles. The van der Waals surface area contributed by atoms with Crippen LogP contribution in [0.25, 0.3) is 0 Å². The topological polar surface area (TPSA) is 147 Å². The summed E-state index contributed by atoms with van der Waals surface area (Å²) in [6.07, 6.45) is 2.90. The fraction of sp³-hybridized carbons (Fsp3) is 0.692. The van der Waals surface area contributed by atoms with E-state index in [9.17, 15) is 34.5 Å². The maximum absolute atomic E-state index is 13.0. The van der Waals surface area contributed by atoms with Crippen LogP contribution in [0.15, 0.2) is 22.8 Å². The molecule has 0 aromatic carbocycles. The molecule has 2 aliphatic heterocycles. The Morgan fingerprint density at radius 1 is 1.11 bits per heavy atom. The van der Waals surface area contributed by atoms with Crippen molar-refractivity contribution in [3.05, 3.63) is 22.8 Å². The van der Waals surface area contributed by atoms with E-state index in [-0.39, 0.29) is 29.6 Å². The quantitative estimate of drug-likeness (QED) is 0.181. The lowest BCUT2D eigenvalue weighted by molar-refractivity contribution is -0.207. The van der Waals surface area contributed by atoms with Crippen LogP contribution in [0, 0.1) is 23.2 Å². The van der Waals surface area contributed by atoms with Gasteiger partial charge in [-0.2, -0.15) is 0 Å². The summed E-state index contributed by atoms with van der Waals surface area (Å²) in [7, 11) is 0. The molecule has 192 valence electrons. The normalized spacial score (nSPS) is 35.2. The standard InChI is InChI=1S/C26H34O9/c1-4-6-7-8-10-13-14(20(28)21(29)16(27)9-5-2)11-17-25(3)12-15-18(23(31)34-22(15)30)19(13)26(17,33)35-24(25)32/h11,13-14,16,19-20,27-28,33H,4-10,12H2,1-3H3/t13?,14?,16-,19?,20-,25-,26?/m1/s1. The number of ether oxygens (including phenoxy) is 2. The van der Waals surface area contributed by atoms with Gasteiger partial charge in [-0.25, -0.2) is 9.59 Å². The first-order chi connectivity index (χ1) is 16.5. The Labute approximate surface area is 204 Å². The van der Waals surface area contributed by atoms with Crippen LogP contribution >= 0.6 is 0 Å². The lowest BCUT2D eigenvalue weighted by Gasteiger charge is -2.45. The number of unbranched alkanes of at least 4 members (excludes halogenated alkanes) is 3. The van der Waals surface area contributed by atoms with Gasteiger partial charge < -0.3 is 24.8 Å². The van der Waals surface area contributed by atoms with Crippen LogP contribution in [0.1, 0.15) is 72.1 Å². The molecule has 0 amide bonds. The van der Waals surface area contributed by atoms with Crippen LogP contribution < -0.4 is 0 Å². The minimum Gasteiger partial charge on any atom is -0.428 e. The average Bonchev–Trinajstić information content (AvgIpc) is 3.16. The molecule has 0 saturated carbocycles. The molecular weight excluding hydrogens is 456 g/mol. The van der Waals surface area contributed by atoms with Gasteiger partial charge >= 0.3 is 17.9 Å². The van der Waals surface area contributed by atoms with Crippen LogP contribution in [0.4, 0.5) is 0 Å². The molecular formula is C26H34O9. The van der Waals surface area contributed by atoms with Crippen LogP contribution in [0.5, 0.6) is 0 Å². The van der Waals surface area contributed by atoms with Gasteiger partial charge in [-0.1, -0.05) is 52.0 Å². The molecule has 35 heavy (non-hydrogen) atoms. The minimum absolute atomic E-state index is 0.0343. The average molecular weight is 491 g/mol. The van der Waals surface area contributed by atoms with Gasteiger partial charge in [-0.05, 0) is 32.1 Å². The summed E-state index contributed by atoms with van der Waals surface area (Å²) in [6.45, 7) is 5.38. The Hall–Kier alpha value is -2.36. The molecule has 2 heterocycles. The summed E-state index contributed by atoms with van der Waals surface area (Å²) in [5.74, 6) is -8.23. The molecule has 0 aromatic heterocycles. The van der Waals surface area contributed by atoms with Gasteiger partial charge in [-0.3, -0.25) is 9.59 Å². The predicted molar refractivity (Wildman–Crippen MR) is 121 cm³/mol. The van der Waals surface area contributed by atoms with Gasteiger partial charge in [0.05, 0.1) is 22.5 Å². The highest BCUT2D eigenvalue weighted by atomic mass is 16.7. The molecule has 7 atom stereocenters. The Kier molecular flexibility index (Phi) is 6.81. The number of carbonyl (C=O) groups excluding carboxylic acids is 4. The second-order valence-electron chi connectivity index (χ2n) is 10.5. The zero-order chi connectivity index (χ0) is 25.7. The van der Waals surface area contributed by atoms with Crippen LogP contribution in [-0.2, 0) is 28.7 Å². The third kappa shape index (κ3) is 3.88. The third-order valence-electron chi connectivity index (χ3n) is 8.14. The van der Waals surface area contributed by atoms with E-state index in [0.29, 0.717) is 19.3 Å². The van der Waals surface area contributed by atoms with Crippen LogP contribution in [0.3, 0.4) is 0 Å². The fourth-order valence-corrected chi connectivity index (χ4v) is 6.32. The van der Waals surface area contributed by atoms with Crippen LogP contribution in [-0.4, -0.2) is 57.0 Å². The number of esters is 3. The van der Waals surface area contributed by atoms with E-state index < -0.39 is 64.9 Å². The van der Waals surface area contributed by atoms with E-state index in [1.807, 2.05) is 6.92 Å². The van der Waals surface area contributed by atoms with Crippen molar-refractivity contribution in [1.82, 2.24) is 0 Å².